The van der Waals surface area contributed by atoms with E-state index in [0.717, 1.165) is 12.8 Å². The van der Waals surface area contributed by atoms with E-state index in [1.54, 1.807) is 14.0 Å². The molecule has 0 atom stereocenters. The van der Waals surface area contributed by atoms with Gasteiger partial charge in [-0.15, -0.1) is 0 Å². The highest BCUT2D eigenvalue weighted by molar-refractivity contribution is 5.86. The molecule has 0 aliphatic rings. The number of ether oxygens (including phenoxy) is 2. The van der Waals surface area contributed by atoms with E-state index in [1.807, 2.05) is 20.8 Å². The predicted octanol–water partition coefficient (Wildman–Crippen LogP) is 2.31. The summed E-state index contributed by atoms with van der Waals surface area (Å²) in [6, 6.07) is 0. The van der Waals surface area contributed by atoms with Gasteiger partial charge in [-0.1, -0.05) is 33.8 Å². The van der Waals surface area contributed by atoms with Crippen molar-refractivity contribution in [2.75, 3.05) is 26.8 Å². The fraction of sp³-hybridized carbons (Fsp3) is 0.714. The van der Waals surface area contributed by atoms with Gasteiger partial charge in [-0.2, -0.15) is 0 Å². The van der Waals surface area contributed by atoms with Crippen LogP contribution in [0.5, 0.6) is 0 Å². The highest BCUT2D eigenvalue weighted by atomic mass is 16.5. The molecule has 19 heavy (non-hydrogen) atoms. The highest BCUT2D eigenvalue weighted by Crippen LogP contribution is 1.90. The Bertz CT molecular complexity index is 217. The second-order valence-corrected chi connectivity index (χ2v) is 3.34. The fourth-order valence-electron chi connectivity index (χ4n) is 0.645. The summed E-state index contributed by atoms with van der Waals surface area (Å²) in [5.74, 6) is -0.324. The van der Waals surface area contributed by atoms with Gasteiger partial charge in [-0.3, -0.25) is 4.79 Å². The van der Waals surface area contributed by atoms with E-state index in [9.17, 15) is 9.59 Å². The molecule has 0 fully saturated rings. The molecule has 0 radical (unpaired) electrons. The van der Waals surface area contributed by atoms with Crippen LogP contribution in [-0.4, -0.2) is 39.2 Å². The van der Waals surface area contributed by atoms with Crippen LogP contribution in [0.2, 0.25) is 0 Å². The molecule has 0 amide bonds. The van der Waals surface area contributed by atoms with Crippen molar-refractivity contribution in [2.45, 2.75) is 40.5 Å². The average Bonchev–Trinajstić information content (AvgIpc) is 2.42. The van der Waals surface area contributed by atoms with Crippen molar-refractivity contribution in [1.29, 1.82) is 0 Å². The molecule has 5 heteroatoms. The van der Waals surface area contributed by atoms with Crippen LogP contribution in [0.3, 0.4) is 0 Å². The monoisotopic (exact) mass is 275 g/mol. The molecule has 0 aliphatic carbocycles. The standard InChI is InChI=1S/C7H13NO2.C5H10O2.C2H6/c1-6(2)7(9)10-5-4-8-3;1-2-3-4-7-5-6;1-2/h8H,1,4-5H2,2-3H3;5H,2-4H2,1H3;1-2H3. The van der Waals surface area contributed by atoms with Crippen LogP contribution in [0.25, 0.3) is 0 Å². The Morgan fingerprint density at radius 1 is 1.32 bits per heavy atom. The van der Waals surface area contributed by atoms with Gasteiger partial charge in [0, 0.05) is 12.1 Å². The maximum absolute atomic E-state index is 10.7. The van der Waals surface area contributed by atoms with E-state index >= 15 is 0 Å². The average molecular weight is 275 g/mol. The number of esters is 1. The largest absolute Gasteiger partial charge is 0.468 e. The molecule has 0 rings (SSSR count). The summed E-state index contributed by atoms with van der Waals surface area (Å²) in [4.78, 5) is 20.1. The first-order valence-electron chi connectivity index (χ1n) is 6.62. The second kappa shape index (κ2) is 21.9. The number of carbonyl (C=O) groups is 2. The lowest BCUT2D eigenvalue weighted by molar-refractivity contribution is -0.138. The summed E-state index contributed by atoms with van der Waals surface area (Å²) >= 11 is 0. The Balaban J connectivity index is -0.000000249. The first-order chi connectivity index (χ1) is 9.09. The number of likely N-dealkylation sites (N-methyl/N-ethyl adjacent to an activating group) is 1. The molecule has 0 bridgehead atoms. The molecule has 0 spiro atoms. The molecule has 5 nitrogen and oxygen atoms in total. The van der Waals surface area contributed by atoms with Crippen LogP contribution >= 0.6 is 0 Å². The Hall–Kier alpha value is -1.36. The predicted molar refractivity (Wildman–Crippen MR) is 78.0 cm³/mol. The van der Waals surface area contributed by atoms with Gasteiger partial charge in [-0.25, -0.2) is 4.79 Å². The zero-order chi connectivity index (χ0) is 15.5. The minimum Gasteiger partial charge on any atom is -0.468 e. The summed E-state index contributed by atoms with van der Waals surface area (Å²) in [7, 11) is 1.80. The third kappa shape index (κ3) is 26.3. The number of hydrogen-bond donors (Lipinski definition) is 1. The Morgan fingerprint density at radius 2 is 1.89 bits per heavy atom. The van der Waals surface area contributed by atoms with Crippen LogP contribution in [0.4, 0.5) is 0 Å². The number of hydrogen-bond acceptors (Lipinski definition) is 5. The quantitative estimate of drug-likeness (QED) is 0.319. The molecular weight excluding hydrogens is 246 g/mol. The van der Waals surface area contributed by atoms with Crippen molar-refractivity contribution >= 4 is 12.4 Å². The number of unbranched alkanes of at least 4 members (excludes halogenated alkanes) is 1. The van der Waals surface area contributed by atoms with Crippen LogP contribution in [0, 0.1) is 0 Å². The van der Waals surface area contributed by atoms with Crippen molar-refractivity contribution in [3.8, 4) is 0 Å². The molecule has 0 aliphatic heterocycles. The van der Waals surface area contributed by atoms with Crippen molar-refractivity contribution in [3.63, 3.8) is 0 Å². The molecule has 0 aromatic rings. The van der Waals surface area contributed by atoms with Crippen LogP contribution in [0.1, 0.15) is 40.5 Å². The zero-order valence-corrected chi connectivity index (χ0v) is 13.0. The summed E-state index contributed by atoms with van der Waals surface area (Å²) in [6.07, 6.45) is 2.05. The fourth-order valence-corrected chi connectivity index (χ4v) is 0.645. The maximum Gasteiger partial charge on any atom is 0.333 e. The molecule has 0 unspecified atom stereocenters. The van der Waals surface area contributed by atoms with Crippen molar-refractivity contribution in [1.82, 2.24) is 5.32 Å². The minimum atomic E-state index is -0.324. The molecular formula is C14H29NO4. The molecule has 0 aromatic heterocycles. The molecule has 1 N–H and O–H groups in total. The lowest BCUT2D eigenvalue weighted by Crippen LogP contribution is -2.17. The smallest absolute Gasteiger partial charge is 0.333 e. The third-order valence-electron chi connectivity index (χ3n) is 1.62. The zero-order valence-electron chi connectivity index (χ0n) is 13.0. The normalized spacial score (nSPS) is 8.05. The Labute approximate surface area is 117 Å². The Morgan fingerprint density at radius 3 is 2.26 bits per heavy atom. The van der Waals surface area contributed by atoms with Gasteiger partial charge in [0.1, 0.15) is 6.61 Å². The SMILES string of the molecule is C=C(C)C(=O)OCCNC.CC.CCCCOC=O. The minimum absolute atomic E-state index is 0.324. The van der Waals surface area contributed by atoms with Crippen LogP contribution in [-0.2, 0) is 19.1 Å². The summed E-state index contributed by atoms with van der Waals surface area (Å²) in [5.41, 5.74) is 0.441. The van der Waals surface area contributed by atoms with Crippen LogP contribution in [0.15, 0.2) is 12.2 Å². The van der Waals surface area contributed by atoms with Gasteiger partial charge < -0.3 is 14.8 Å². The molecule has 0 saturated carbocycles. The van der Waals surface area contributed by atoms with E-state index in [1.165, 1.54) is 0 Å². The van der Waals surface area contributed by atoms with E-state index in [-0.39, 0.29) is 5.97 Å². The van der Waals surface area contributed by atoms with Gasteiger partial charge in [0.2, 0.25) is 0 Å². The number of nitrogens with one attached hydrogen (secondary N) is 1. The van der Waals surface area contributed by atoms with Gasteiger partial charge in [-0.05, 0) is 20.4 Å². The van der Waals surface area contributed by atoms with E-state index in [4.69, 9.17) is 4.74 Å². The topological polar surface area (TPSA) is 64.6 Å². The highest BCUT2D eigenvalue weighted by Gasteiger charge is 2.00. The van der Waals surface area contributed by atoms with Crippen molar-refractivity contribution in [2.24, 2.45) is 0 Å². The molecule has 114 valence electrons. The summed E-state index contributed by atoms with van der Waals surface area (Å²) in [5, 5.41) is 2.86. The first kappa shape index (κ1) is 22.8. The van der Waals surface area contributed by atoms with Crippen molar-refractivity contribution in [3.05, 3.63) is 12.2 Å². The third-order valence-corrected chi connectivity index (χ3v) is 1.62. The maximum atomic E-state index is 10.7. The van der Waals surface area contributed by atoms with Gasteiger partial charge in [0.25, 0.3) is 6.47 Å². The molecule has 0 saturated heterocycles. The lowest BCUT2D eigenvalue weighted by Gasteiger charge is -2.01. The number of rotatable bonds is 8. The van der Waals surface area contributed by atoms with Gasteiger partial charge in [0.15, 0.2) is 0 Å². The Kier molecular flexibility index (Phi) is 26.2. The number of carbonyl (C=O) groups excluding carboxylic acids is 2. The summed E-state index contributed by atoms with van der Waals surface area (Å²) < 4.78 is 9.14. The van der Waals surface area contributed by atoms with Crippen molar-refractivity contribution < 1.29 is 19.1 Å². The van der Waals surface area contributed by atoms with E-state index in [0.29, 0.717) is 31.8 Å². The summed E-state index contributed by atoms with van der Waals surface area (Å²) in [6.45, 7) is 13.3. The van der Waals surface area contributed by atoms with E-state index < -0.39 is 0 Å². The van der Waals surface area contributed by atoms with Gasteiger partial charge >= 0.3 is 5.97 Å². The van der Waals surface area contributed by atoms with Gasteiger partial charge in [0.05, 0.1) is 6.61 Å². The van der Waals surface area contributed by atoms with E-state index in [2.05, 4.69) is 16.6 Å². The second-order valence-electron chi connectivity index (χ2n) is 3.34. The molecule has 0 aromatic carbocycles. The first-order valence-corrected chi connectivity index (χ1v) is 6.62. The van der Waals surface area contributed by atoms with Crippen LogP contribution < -0.4 is 5.32 Å². The lowest BCUT2D eigenvalue weighted by atomic mass is 10.4. The molecule has 0 heterocycles.